The molecule has 1 aromatic carbocycles. The molecule has 0 aliphatic rings. The van der Waals surface area contributed by atoms with E-state index >= 15 is 0 Å². The molecule has 3 unspecified atom stereocenters. The lowest BCUT2D eigenvalue weighted by atomic mass is 9.98. The van der Waals surface area contributed by atoms with Crippen LogP contribution in [-0.2, 0) is 0 Å². The van der Waals surface area contributed by atoms with Crippen molar-refractivity contribution >= 4 is 0 Å². The fraction of sp³-hybridized carbons (Fsp3) is 0.625. The molecule has 2 heteroatoms. The van der Waals surface area contributed by atoms with Gasteiger partial charge >= 0.3 is 0 Å². The van der Waals surface area contributed by atoms with Gasteiger partial charge in [0.25, 0.3) is 0 Å². The standard InChI is InChI=1S/C16H28N2/c1-6-7-13(3)18(5)14(4)16(17)15-10-8-12(2)9-11-15/h8-11,13-14,16H,6-7,17H2,1-5H3. The van der Waals surface area contributed by atoms with E-state index in [1.54, 1.807) is 0 Å². The minimum atomic E-state index is 0.0786. The van der Waals surface area contributed by atoms with Gasteiger partial charge in [-0.1, -0.05) is 43.2 Å². The number of benzene rings is 1. The summed E-state index contributed by atoms with van der Waals surface area (Å²) >= 11 is 0. The average Bonchev–Trinajstić information content (AvgIpc) is 2.37. The van der Waals surface area contributed by atoms with Crippen molar-refractivity contribution in [2.24, 2.45) is 5.73 Å². The summed E-state index contributed by atoms with van der Waals surface area (Å²) in [6.07, 6.45) is 2.44. The molecule has 102 valence electrons. The van der Waals surface area contributed by atoms with E-state index < -0.39 is 0 Å². The minimum absolute atomic E-state index is 0.0786. The molecule has 0 fully saturated rings. The fourth-order valence-corrected chi connectivity index (χ4v) is 2.34. The Kier molecular flexibility index (Phi) is 5.83. The van der Waals surface area contributed by atoms with Gasteiger partial charge in [0.1, 0.15) is 0 Å². The third-order valence-corrected chi connectivity index (χ3v) is 4.03. The molecule has 0 bridgehead atoms. The monoisotopic (exact) mass is 248 g/mol. The van der Waals surface area contributed by atoms with Gasteiger partial charge in [0.05, 0.1) is 0 Å². The number of likely N-dealkylation sites (N-methyl/N-ethyl adjacent to an activating group) is 1. The predicted molar refractivity (Wildman–Crippen MR) is 79.7 cm³/mol. The zero-order valence-electron chi connectivity index (χ0n) is 12.5. The van der Waals surface area contributed by atoms with Gasteiger partial charge in [-0.15, -0.1) is 0 Å². The van der Waals surface area contributed by atoms with Crippen LogP contribution in [0.15, 0.2) is 24.3 Å². The Hall–Kier alpha value is -0.860. The van der Waals surface area contributed by atoms with Crippen molar-refractivity contribution in [2.45, 2.75) is 58.7 Å². The van der Waals surface area contributed by atoms with E-state index in [1.807, 2.05) is 0 Å². The van der Waals surface area contributed by atoms with Gasteiger partial charge in [0, 0.05) is 18.1 Å². The van der Waals surface area contributed by atoms with Gasteiger partial charge in [0.15, 0.2) is 0 Å². The molecule has 0 spiro atoms. The second-order valence-electron chi connectivity index (χ2n) is 5.48. The first-order chi connectivity index (χ1) is 8.47. The predicted octanol–water partition coefficient (Wildman–Crippen LogP) is 3.50. The zero-order chi connectivity index (χ0) is 13.7. The second kappa shape index (κ2) is 6.91. The SMILES string of the molecule is CCCC(C)N(C)C(C)C(N)c1ccc(C)cc1. The highest BCUT2D eigenvalue weighted by Crippen LogP contribution is 2.20. The third kappa shape index (κ3) is 3.82. The number of nitrogens with two attached hydrogens (primary N) is 1. The summed E-state index contributed by atoms with van der Waals surface area (Å²) in [6, 6.07) is 9.59. The first-order valence-corrected chi connectivity index (χ1v) is 7.01. The zero-order valence-corrected chi connectivity index (χ0v) is 12.5. The number of hydrogen-bond donors (Lipinski definition) is 1. The Morgan fingerprint density at radius 2 is 1.72 bits per heavy atom. The summed E-state index contributed by atoms with van der Waals surface area (Å²) in [5.74, 6) is 0. The van der Waals surface area contributed by atoms with Crippen LogP contribution in [0.2, 0.25) is 0 Å². The molecular formula is C16H28N2. The van der Waals surface area contributed by atoms with Crippen molar-refractivity contribution in [1.82, 2.24) is 4.90 Å². The molecule has 18 heavy (non-hydrogen) atoms. The average molecular weight is 248 g/mol. The first kappa shape index (κ1) is 15.2. The lowest BCUT2D eigenvalue weighted by molar-refractivity contribution is 0.165. The van der Waals surface area contributed by atoms with E-state index in [4.69, 9.17) is 5.73 Å². The minimum Gasteiger partial charge on any atom is -0.323 e. The summed E-state index contributed by atoms with van der Waals surface area (Å²) in [5.41, 5.74) is 8.89. The second-order valence-corrected chi connectivity index (χ2v) is 5.48. The number of rotatable bonds is 6. The Morgan fingerprint density at radius 1 is 1.17 bits per heavy atom. The van der Waals surface area contributed by atoms with Gasteiger partial charge in [-0.2, -0.15) is 0 Å². The molecule has 3 atom stereocenters. The maximum Gasteiger partial charge on any atom is 0.0450 e. The highest BCUT2D eigenvalue weighted by molar-refractivity contribution is 5.24. The van der Waals surface area contributed by atoms with Crippen LogP contribution in [0.4, 0.5) is 0 Å². The van der Waals surface area contributed by atoms with Gasteiger partial charge in [-0.05, 0) is 39.8 Å². The maximum atomic E-state index is 6.38. The Morgan fingerprint density at radius 3 is 2.22 bits per heavy atom. The van der Waals surface area contributed by atoms with Gasteiger partial charge in [-0.3, -0.25) is 4.90 Å². The Bertz CT molecular complexity index is 345. The van der Waals surface area contributed by atoms with E-state index in [-0.39, 0.29) is 6.04 Å². The largest absolute Gasteiger partial charge is 0.323 e. The van der Waals surface area contributed by atoms with Crippen molar-refractivity contribution in [3.8, 4) is 0 Å². The lowest BCUT2D eigenvalue weighted by Crippen LogP contribution is -2.43. The van der Waals surface area contributed by atoms with Crippen molar-refractivity contribution in [1.29, 1.82) is 0 Å². The van der Waals surface area contributed by atoms with Gasteiger partial charge in [-0.25, -0.2) is 0 Å². The van der Waals surface area contributed by atoms with Crippen molar-refractivity contribution < 1.29 is 0 Å². The van der Waals surface area contributed by atoms with E-state index in [0.29, 0.717) is 12.1 Å². The van der Waals surface area contributed by atoms with Crippen LogP contribution >= 0.6 is 0 Å². The molecule has 0 saturated heterocycles. The lowest BCUT2D eigenvalue weighted by Gasteiger charge is -2.34. The topological polar surface area (TPSA) is 29.3 Å². The van der Waals surface area contributed by atoms with Crippen LogP contribution in [0.3, 0.4) is 0 Å². The molecule has 0 radical (unpaired) electrons. The van der Waals surface area contributed by atoms with Crippen molar-refractivity contribution in [3.05, 3.63) is 35.4 Å². The molecule has 0 amide bonds. The number of hydrogen-bond acceptors (Lipinski definition) is 2. The molecule has 0 aliphatic carbocycles. The Labute approximate surface area is 112 Å². The molecular weight excluding hydrogens is 220 g/mol. The summed E-state index contributed by atoms with van der Waals surface area (Å²) in [6.45, 7) is 8.83. The van der Waals surface area contributed by atoms with E-state index in [9.17, 15) is 0 Å². The number of aryl methyl sites for hydroxylation is 1. The van der Waals surface area contributed by atoms with Crippen LogP contribution in [0, 0.1) is 6.92 Å². The molecule has 0 aliphatic heterocycles. The normalized spacial score (nSPS) is 16.6. The molecule has 0 aromatic heterocycles. The smallest absolute Gasteiger partial charge is 0.0450 e. The molecule has 0 saturated carbocycles. The molecule has 1 rings (SSSR count). The van der Waals surface area contributed by atoms with Crippen molar-refractivity contribution in [3.63, 3.8) is 0 Å². The first-order valence-electron chi connectivity index (χ1n) is 7.01. The summed E-state index contributed by atoms with van der Waals surface area (Å²) < 4.78 is 0. The van der Waals surface area contributed by atoms with Crippen LogP contribution in [0.25, 0.3) is 0 Å². The van der Waals surface area contributed by atoms with Crippen molar-refractivity contribution in [2.75, 3.05) is 7.05 Å². The van der Waals surface area contributed by atoms with E-state index in [2.05, 4.69) is 63.9 Å². The number of nitrogens with zero attached hydrogens (tertiary/aromatic N) is 1. The van der Waals surface area contributed by atoms with Crippen LogP contribution in [0.1, 0.15) is 50.8 Å². The highest BCUT2D eigenvalue weighted by Gasteiger charge is 2.22. The Balaban J connectivity index is 2.70. The third-order valence-electron chi connectivity index (χ3n) is 4.03. The van der Waals surface area contributed by atoms with Crippen LogP contribution in [-0.4, -0.2) is 24.0 Å². The summed E-state index contributed by atoms with van der Waals surface area (Å²) in [4.78, 5) is 2.40. The molecule has 0 heterocycles. The van der Waals surface area contributed by atoms with Crippen LogP contribution < -0.4 is 5.73 Å². The quantitative estimate of drug-likeness (QED) is 0.835. The van der Waals surface area contributed by atoms with Gasteiger partial charge in [0.2, 0.25) is 0 Å². The van der Waals surface area contributed by atoms with Crippen LogP contribution in [0.5, 0.6) is 0 Å². The molecule has 2 nitrogen and oxygen atoms in total. The van der Waals surface area contributed by atoms with Gasteiger partial charge < -0.3 is 5.73 Å². The summed E-state index contributed by atoms with van der Waals surface area (Å²) in [7, 11) is 2.18. The molecule has 2 N–H and O–H groups in total. The summed E-state index contributed by atoms with van der Waals surface area (Å²) in [5, 5.41) is 0. The maximum absolute atomic E-state index is 6.38. The van der Waals surface area contributed by atoms with E-state index in [1.165, 1.54) is 24.0 Å². The van der Waals surface area contributed by atoms with E-state index in [0.717, 1.165) is 0 Å². The highest BCUT2D eigenvalue weighted by atomic mass is 15.2. The molecule has 1 aromatic rings. The fourth-order valence-electron chi connectivity index (χ4n) is 2.34.